The van der Waals surface area contributed by atoms with Crippen LogP contribution in [0.5, 0.6) is 0 Å². The van der Waals surface area contributed by atoms with E-state index < -0.39 is 0 Å². The molecule has 3 fully saturated rings. The summed E-state index contributed by atoms with van der Waals surface area (Å²) in [4.78, 5) is 42.6. The van der Waals surface area contributed by atoms with Crippen LogP contribution in [0.1, 0.15) is 58.3 Å². The van der Waals surface area contributed by atoms with E-state index >= 15 is 0 Å². The van der Waals surface area contributed by atoms with E-state index in [9.17, 15) is 14.4 Å². The summed E-state index contributed by atoms with van der Waals surface area (Å²) < 4.78 is 0. The summed E-state index contributed by atoms with van der Waals surface area (Å²) in [7, 11) is 0. The van der Waals surface area contributed by atoms with Crippen LogP contribution in [0.4, 0.5) is 0 Å². The number of rotatable bonds is 2. The first-order chi connectivity index (χ1) is 12.1. The monoisotopic (exact) mass is 349 g/mol. The molecule has 0 bridgehead atoms. The van der Waals surface area contributed by atoms with Crippen LogP contribution >= 0.6 is 0 Å². The third-order valence-corrected chi connectivity index (χ3v) is 6.03. The molecule has 0 spiro atoms. The van der Waals surface area contributed by atoms with Crippen LogP contribution in [0, 0.1) is 5.92 Å². The summed E-state index contributed by atoms with van der Waals surface area (Å²) in [6.45, 7) is 4.78. The van der Waals surface area contributed by atoms with Gasteiger partial charge in [0.1, 0.15) is 0 Å². The number of amides is 3. The van der Waals surface area contributed by atoms with Crippen molar-refractivity contribution >= 4 is 17.7 Å². The normalized spacial score (nSPS) is 26.5. The molecule has 2 aliphatic heterocycles. The number of hydrogen-bond acceptors (Lipinski definition) is 3. The lowest BCUT2D eigenvalue weighted by atomic mass is 10.1. The number of carbonyl (C=O) groups excluding carboxylic acids is 3. The van der Waals surface area contributed by atoms with Crippen molar-refractivity contribution in [3.8, 4) is 0 Å². The molecule has 0 unspecified atom stereocenters. The molecule has 6 heteroatoms. The fourth-order valence-electron chi connectivity index (χ4n) is 4.53. The van der Waals surface area contributed by atoms with Crippen LogP contribution in [0.15, 0.2) is 0 Å². The molecule has 0 aromatic carbocycles. The van der Waals surface area contributed by atoms with E-state index in [0.717, 1.165) is 25.8 Å². The average Bonchev–Trinajstić information content (AvgIpc) is 2.82. The van der Waals surface area contributed by atoms with Gasteiger partial charge in [0.15, 0.2) is 0 Å². The molecular formula is C19H31N3O3. The van der Waals surface area contributed by atoms with E-state index in [0.29, 0.717) is 38.6 Å². The Balaban J connectivity index is 1.57. The fraction of sp³-hybridized carbons (Fsp3) is 0.842. The first kappa shape index (κ1) is 18.2. The highest BCUT2D eigenvalue weighted by Crippen LogP contribution is 2.29. The molecule has 2 saturated heterocycles. The van der Waals surface area contributed by atoms with Gasteiger partial charge in [0.2, 0.25) is 17.7 Å². The molecule has 0 N–H and O–H groups in total. The molecule has 0 aromatic heterocycles. The minimum absolute atomic E-state index is 0.0740. The third-order valence-electron chi connectivity index (χ3n) is 6.03. The molecule has 1 aliphatic carbocycles. The van der Waals surface area contributed by atoms with Gasteiger partial charge in [0.05, 0.1) is 5.92 Å². The fourth-order valence-corrected chi connectivity index (χ4v) is 4.53. The van der Waals surface area contributed by atoms with E-state index in [1.54, 1.807) is 6.92 Å². The molecule has 1 saturated carbocycles. The Morgan fingerprint density at radius 2 is 1.52 bits per heavy atom. The lowest BCUT2D eigenvalue weighted by Crippen LogP contribution is -2.41. The molecule has 3 rings (SSSR count). The van der Waals surface area contributed by atoms with Gasteiger partial charge in [-0.25, -0.2) is 0 Å². The SMILES string of the molecule is CC(=O)N1CCCN(C(=O)[C@H]2CC(=O)N(C3CCCCCC3)C2)CC1. The van der Waals surface area contributed by atoms with Crippen molar-refractivity contribution in [3.63, 3.8) is 0 Å². The third kappa shape index (κ3) is 4.33. The maximum absolute atomic E-state index is 12.9. The second-order valence-corrected chi connectivity index (χ2v) is 7.78. The summed E-state index contributed by atoms with van der Waals surface area (Å²) in [5.74, 6) is 0.143. The molecule has 0 radical (unpaired) electrons. The van der Waals surface area contributed by atoms with Crippen molar-refractivity contribution in [2.24, 2.45) is 5.92 Å². The summed E-state index contributed by atoms with van der Waals surface area (Å²) in [5, 5.41) is 0. The molecule has 2 heterocycles. The molecule has 3 amide bonds. The van der Waals surface area contributed by atoms with Gasteiger partial charge in [-0.2, -0.15) is 0 Å². The van der Waals surface area contributed by atoms with Crippen LogP contribution in [0.2, 0.25) is 0 Å². The van der Waals surface area contributed by atoms with Crippen molar-refractivity contribution in [2.75, 3.05) is 32.7 Å². The minimum Gasteiger partial charge on any atom is -0.341 e. The molecular weight excluding hydrogens is 318 g/mol. The van der Waals surface area contributed by atoms with Crippen LogP contribution in [-0.4, -0.2) is 71.2 Å². The van der Waals surface area contributed by atoms with E-state index in [1.807, 2.05) is 14.7 Å². The van der Waals surface area contributed by atoms with Crippen LogP contribution in [0.3, 0.4) is 0 Å². The maximum atomic E-state index is 12.9. The lowest BCUT2D eigenvalue weighted by Gasteiger charge is -2.28. The molecule has 3 aliphatic rings. The Bertz CT molecular complexity index is 514. The van der Waals surface area contributed by atoms with Gasteiger partial charge in [-0.15, -0.1) is 0 Å². The first-order valence-electron chi connectivity index (χ1n) is 9.90. The zero-order valence-corrected chi connectivity index (χ0v) is 15.4. The van der Waals surface area contributed by atoms with Crippen molar-refractivity contribution in [2.45, 2.75) is 64.3 Å². The van der Waals surface area contributed by atoms with Gasteiger partial charge in [0.25, 0.3) is 0 Å². The van der Waals surface area contributed by atoms with E-state index in [2.05, 4.69) is 0 Å². The van der Waals surface area contributed by atoms with Gasteiger partial charge in [0, 0.05) is 52.1 Å². The predicted molar refractivity (Wildman–Crippen MR) is 94.8 cm³/mol. The molecule has 6 nitrogen and oxygen atoms in total. The Kier molecular flexibility index (Phi) is 5.97. The second kappa shape index (κ2) is 8.19. The van der Waals surface area contributed by atoms with Crippen molar-refractivity contribution < 1.29 is 14.4 Å². The highest BCUT2D eigenvalue weighted by atomic mass is 16.2. The summed E-state index contributed by atoms with van der Waals surface area (Å²) >= 11 is 0. The lowest BCUT2D eigenvalue weighted by molar-refractivity contribution is -0.136. The zero-order valence-electron chi connectivity index (χ0n) is 15.4. The largest absolute Gasteiger partial charge is 0.341 e. The predicted octanol–water partition coefficient (Wildman–Crippen LogP) is 1.64. The molecule has 140 valence electrons. The Morgan fingerprint density at radius 1 is 0.880 bits per heavy atom. The van der Waals surface area contributed by atoms with Crippen molar-refractivity contribution in [1.29, 1.82) is 0 Å². The summed E-state index contributed by atoms with van der Waals surface area (Å²) in [6.07, 6.45) is 8.28. The van der Waals surface area contributed by atoms with E-state index in [-0.39, 0.29) is 23.6 Å². The standard InChI is InChI=1S/C19H31N3O3/c1-15(23)20-9-6-10-21(12-11-20)19(25)16-13-18(24)22(14-16)17-7-4-2-3-5-8-17/h16-17H,2-14H2,1H3/t16-/m0/s1. The van der Waals surface area contributed by atoms with Crippen LogP contribution in [0.25, 0.3) is 0 Å². The van der Waals surface area contributed by atoms with Crippen molar-refractivity contribution in [3.05, 3.63) is 0 Å². The molecule has 25 heavy (non-hydrogen) atoms. The summed E-state index contributed by atoms with van der Waals surface area (Å²) in [5.41, 5.74) is 0. The Morgan fingerprint density at radius 3 is 2.20 bits per heavy atom. The summed E-state index contributed by atoms with van der Waals surface area (Å²) in [6, 6.07) is 0.338. The number of nitrogens with zero attached hydrogens (tertiary/aromatic N) is 3. The smallest absolute Gasteiger partial charge is 0.228 e. The van der Waals surface area contributed by atoms with Crippen LogP contribution in [-0.2, 0) is 14.4 Å². The number of carbonyl (C=O) groups is 3. The first-order valence-corrected chi connectivity index (χ1v) is 9.90. The van der Waals surface area contributed by atoms with Gasteiger partial charge >= 0.3 is 0 Å². The number of likely N-dealkylation sites (tertiary alicyclic amines) is 1. The Hall–Kier alpha value is -1.59. The number of hydrogen-bond donors (Lipinski definition) is 0. The van der Waals surface area contributed by atoms with E-state index in [4.69, 9.17) is 0 Å². The van der Waals surface area contributed by atoms with Gasteiger partial charge < -0.3 is 14.7 Å². The van der Waals surface area contributed by atoms with Crippen LogP contribution < -0.4 is 0 Å². The molecule has 0 aromatic rings. The Labute approximate surface area is 150 Å². The average molecular weight is 349 g/mol. The topological polar surface area (TPSA) is 60.9 Å². The quantitative estimate of drug-likeness (QED) is 0.712. The second-order valence-electron chi connectivity index (χ2n) is 7.78. The van der Waals surface area contributed by atoms with Crippen molar-refractivity contribution in [1.82, 2.24) is 14.7 Å². The zero-order chi connectivity index (χ0) is 17.8. The van der Waals surface area contributed by atoms with Gasteiger partial charge in [-0.1, -0.05) is 25.7 Å². The highest BCUT2D eigenvalue weighted by molar-refractivity contribution is 5.89. The minimum atomic E-state index is -0.195. The molecule has 1 atom stereocenters. The van der Waals surface area contributed by atoms with E-state index in [1.165, 1.54) is 25.7 Å². The highest BCUT2D eigenvalue weighted by Gasteiger charge is 2.39. The van der Waals surface area contributed by atoms with Gasteiger partial charge in [-0.05, 0) is 19.3 Å². The maximum Gasteiger partial charge on any atom is 0.228 e. The van der Waals surface area contributed by atoms with Gasteiger partial charge in [-0.3, -0.25) is 14.4 Å².